The second-order valence-electron chi connectivity index (χ2n) is 5.04. The molecule has 4 heteroatoms. The standard InChI is InChI=1S/C15H25N3O/c1-5-12(2)18(15(19)10-16)11-13-6-8-14(9-7-13)17(3)4/h6-9,12H,5,10-11,16H2,1-4H3. The van der Waals surface area contributed by atoms with Crippen LogP contribution in [0.2, 0.25) is 0 Å². The molecule has 0 aromatic heterocycles. The fourth-order valence-corrected chi connectivity index (χ4v) is 1.92. The van der Waals surface area contributed by atoms with Gasteiger partial charge in [-0.15, -0.1) is 0 Å². The number of hydrogen-bond donors (Lipinski definition) is 1. The fraction of sp³-hybridized carbons (Fsp3) is 0.533. The van der Waals surface area contributed by atoms with Gasteiger partial charge in [0.1, 0.15) is 0 Å². The zero-order chi connectivity index (χ0) is 14.4. The third-order valence-corrected chi connectivity index (χ3v) is 3.42. The van der Waals surface area contributed by atoms with E-state index in [1.165, 1.54) is 0 Å². The molecule has 106 valence electrons. The first-order valence-corrected chi connectivity index (χ1v) is 6.75. The Balaban J connectivity index is 2.81. The van der Waals surface area contributed by atoms with Crippen LogP contribution >= 0.6 is 0 Å². The van der Waals surface area contributed by atoms with E-state index in [1.807, 2.05) is 19.0 Å². The summed E-state index contributed by atoms with van der Waals surface area (Å²) in [6.45, 7) is 4.83. The summed E-state index contributed by atoms with van der Waals surface area (Å²) in [4.78, 5) is 15.8. The highest BCUT2D eigenvalue weighted by atomic mass is 16.2. The molecule has 0 saturated carbocycles. The maximum Gasteiger partial charge on any atom is 0.236 e. The number of nitrogens with two attached hydrogens (primary N) is 1. The molecular formula is C15H25N3O. The van der Waals surface area contributed by atoms with E-state index in [0.29, 0.717) is 6.54 Å². The number of hydrogen-bond acceptors (Lipinski definition) is 3. The van der Waals surface area contributed by atoms with Gasteiger partial charge in [-0.2, -0.15) is 0 Å². The molecule has 0 aliphatic rings. The van der Waals surface area contributed by atoms with E-state index in [2.05, 4.69) is 43.0 Å². The first kappa shape index (κ1) is 15.5. The van der Waals surface area contributed by atoms with Crippen molar-refractivity contribution in [3.05, 3.63) is 29.8 Å². The molecule has 0 heterocycles. The lowest BCUT2D eigenvalue weighted by Crippen LogP contribution is -2.41. The molecule has 1 aromatic rings. The molecule has 0 fully saturated rings. The Bertz CT molecular complexity index is 400. The highest BCUT2D eigenvalue weighted by Crippen LogP contribution is 2.15. The van der Waals surface area contributed by atoms with Gasteiger partial charge >= 0.3 is 0 Å². The van der Waals surface area contributed by atoms with E-state index < -0.39 is 0 Å². The summed E-state index contributed by atoms with van der Waals surface area (Å²) >= 11 is 0. The summed E-state index contributed by atoms with van der Waals surface area (Å²) in [5, 5.41) is 0. The molecule has 1 atom stereocenters. The minimum atomic E-state index is 0.00559. The lowest BCUT2D eigenvalue weighted by atomic mass is 10.1. The molecule has 0 aliphatic carbocycles. The molecule has 0 saturated heterocycles. The van der Waals surface area contributed by atoms with Crippen molar-refractivity contribution in [2.45, 2.75) is 32.9 Å². The zero-order valence-corrected chi connectivity index (χ0v) is 12.4. The maximum absolute atomic E-state index is 11.9. The Morgan fingerprint density at radius 2 is 1.84 bits per heavy atom. The van der Waals surface area contributed by atoms with Crippen molar-refractivity contribution in [2.75, 3.05) is 25.5 Å². The second-order valence-corrected chi connectivity index (χ2v) is 5.04. The predicted octanol–water partition coefficient (Wildman–Crippen LogP) is 1.84. The molecule has 2 N–H and O–H groups in total. The summed E-state index contributed by atoms with van der Waals surface area (Å²) in [5.41, 5.74) is 7.77. The zero-order valence-electron chi connectivity index (χ0n) is 12.4. The molecule has 19 heavy (non-hydrogen) atoms. The first-order valence-electron chi connectivity index (χ1n) is 6.75. The Hall–Kier alpha value is -1.55. The quantitative estimate of drug-likeness (QED) is 0.852. The van der Waals surface area contributed by atoms with Crippen molar-refractivity contribution in [3.63, 3.8) is 0 Å². The molecule has 0 radical (unpaired) electrons. The van der Waals surface area contributed by atoms with Gasteiger partial charge in [0.25, 0.3) is 0 Å². The van der Waals surface area contributed by atoms with Crippen molar-refractivity contribution >= 4 is 11.6 Å². The number of carbonyl (C=O) groups is 1. The van der Waals surface area contributed by atoms with Crippen LogP contribution in [0, 0.1) is 0 Å². The molecule has 1 aromatic carbocycles. The van der Waals surface area contributed by atoms with Crippen LogP contribution in [0.15, 0.2) is 24.3 Å². The third kappa shape index (κ3) is 4.24. The van der Waals surface area contributed by atoms with Crippen molar-refractivity contribution in [2.24, 2.45) is 5.73 Å². The minimum absolute atomic E-state index is 0.00559. The highest BCUT2D eigenvalue weighted by Gasteiger charge is 2.17. The second kappa shape index (κ2) is 7.14. The molecule has 1 rings (SSSR count). The average Bonchev–Trinajstić information content (AvgIpc) is 2.43. The summed E-state index contributed by atoms with van der Waals surface area (Å²) < 4.78 is 0. The Labute approximate surface area is 116 Å². The van der Waals surface area contributed by atoms with Crippen molar-refractivity contribution in [3.8, 4) is 0 Å². The summed E-state index contributed by atoms with van der Waals surface area (Å²) in [5.74, 6) is 0.00559. The summed E-state index contributed by atoms with van der Waals surface area (Å²) in [6.07, 6.45) is 0.932. The van der Waals surface area contributed by atoms with Gasteiger partial charge in [-0.3, -0.25) is 4.79 Å². The Morgan fingerprint density at radius 3 is 2.26 bits per heavy atom. The van der Waals surface area contributed by atoms with Crippen LogP contribution in [0.25, 0.3) is 0 Å². The van der Waals surface area contributed by atoms with Crippen LogP contribution < -0.4 is 10.6 Å². The molecule has 0 bridgehead atoms. The predicted molar refractivity (Wildman–Crippen MR) is 80.1 cm³/mol. The largest absolute Gasteiger partial charge is 0.378 e. The van der Waals surface area contributed by atoms with E-state index in [9.17, 15) is 4.79 Å². The van der Waals surface area contributed by atoms with E-state index >= 15 is 0 Å². The van der Waals surface area contributed by atoms with Gasteiger partial charge in [-0.25, -0.2) is 0 Å². The number of benzene rings is 1. The van der Waals surface area contributed by atoms with Crippen LogP contribution in [0.1, 0.15) is 25.8 Å². The van der Waals surface area contributed by atoms with Gasteiger partial charge in [0.2, 0.25) is 5.91 Å². The highest BCUT2D eigenvalue weighted by molar-refractivity contribution is 5.78. The topological polar surface area (TPSA) is 49.6 Å². The van der Waals surface area contributed by atoms with Gasteiger partial charge in [-0.05, 0) is 31.0 Å². The lowest BCUT2D eigenvalue weighted by molar-refractivity contribution is -0.132. The van der Waals surface area contributed by atoms with Gasteiger partial charge in [0, 0.05) is 32.4 Å². The number of amides is 1. The number of nitrogens with zero attached hydrogens (tertiary/aromatic N) is 2. The molecular weight excluding hydrogens is 238 g/mol. The summed E-state index contributed by atoms with van der Waals surface area (Å²) in [6, 6.07) is 8.47. The van der Waals surface area contributed by atoms with Crippen LogP contribution in [0.4, 0.5) is 5.69 Å². The maximum atomic E-state index is 11.9. The van der Waals surface area contributed by atoms with E-state index in [0.717, 1.165) is 17.7 Å². The molecule has 0 spiro atoms. The lowest BCUT2D eigenvalue weighted by Gasteiger charge is -2.28. The van der Waals surface area contributed by atoms with Crippen molar-refractivity contribution < 1.29 is 4.79 Å². The molecule has 1 unspecified atom stereocenters. The molecule has 4 nitrogen and oxygen atoms in total. The van der Waals surface area contributed by atoms with Gasteiger partial charge in [0.05, 0.1) is 6.54 Å². The number of rotatable bonds is 6. The molecule has 1 amide bonds. The van der Waals surface area contributed by atoms with Crippen molar-refractivity contribution in [1.82, 2.24) is 4.90 Å². The van der Waals surface area contributed by atoms with Crippen LogP contribution in [0.3, 0.4) is 0 Å². The van der Waals surface area contributed by atoms with E-state index in [1.54, 1.807) is 0 Å². The SMILES string of the molecule is CCC(C)N(Cc1ccc(N(C)C)cc1)C(=O)CN. The fourth-order valence-electron chi connectivity index (χ4n) is 1.92. The van der Waals surface area contributed by atoms with Gasteiger partial charge < -0.3 is 15.5 Å². The van der Waals surface area contributed by atoms with Crippen LogP contribution in [-0.4, -0.2) is 37.5 Å². The Kier molecular flexibility index (Phi) is 5.83. The number of anilines is 1. The van der Waals surface area contributed by atoms with E-state index in [-0.39, 0.29) is 18.5 Å². The van der Waals surface area contributed by atoms with Gasteiger partial charge in [-0.1, -0.05) is 19.1 Å². The Morgan fingerprint density at radius 1 is 1.26 bits per heavy atom. The molecule has 0 aliphatic heterocycles. The van der Waals surface area contributed by atoms with Crippen LogP contribution in [0.5, 0.6) is 0 Å². The normalized spacial score (nSPS) is 12.1. The number of carbonyl (C=O) groups excluding carboxylic acids is 1. The van der Waals surface area contributed by atoms with E-state index in [4.69, 9.17) is 5.73 Å². The van der Waals surface area contributed by atoms with Crippen molar-refractivity contribution in [1.29, 1.82) is 0 Å². The average molecular weight is 263 g/mol. The monoisotopic (exact) mass is 263 g/mol. The minimum Gasteiger partial charge on any atom is -0.378 e. The van der Waals surface area contributed by atoms with Crippen LogP contribution in [-0.2, 0) is 11.3 Å². The first-order chi connectivity index (χ1) is 8.99. The summed E-state index contributed by atoms with van der Waals surface area (Å²) in [7, 11) is 4.02. The van der Waals surface area contributed by atoms with Gasteiger partial charge in [0.15, 0.2) is 0 Å². The smallest absolute Gasteiger partial charge is 0.236 e. The third-order valence-electron chi connectivity index (χ3n) is 3.42.